The standard InChI is InChI=1S/C32H38N4O7/c1-20-15-36(21(2)18-37)31(38)26-14-24(34-32(39)33-23-6-9-25(40-4)10-7-23)8-12-27(26)43-30(20)17-35(3)16-22-5-11-28-29(13-22)42-19-41-28/h5-14,20-21,30,37H,15-19H2,1-4H3,(H2,33,34,39)/t20-,21-,30+/m0/s1. The summed E-state index contributed by atoms with van der Waals surface area (Å²) in [6.45, 7) is 5.58. The van der Waals surface area contributed by atoms with E-state index in [1.165, 1.54) is 0 Å². The normalized spacial score (nSPS) is 18.3. The first-order chi connectivity index (χ1) is 20.7. The zero-order valence-corrected chi connectivity index (χ0v) is 24.8. The average molecular weight is 591 g/mol. The van der Waals surface area contributed by atoms with Crippen LogP contribution in [0.2, 0.25) is 0 Å². The second-order valence-corrected chi connectivity index (χ2v) is 11.0. The third kappa shape index (κ3) is 7.12. The van der Waals surface area contributed by atoms with Crippen LogP contribution in [0.5, 0.6) is 23.0 Å². The third-order valence-corrected chi connectivity index (χ3v) is 7.65. The molecule has 5 rings (SSSR count). The zero-order valence-electron chi connectivity index (χ0n) is 24.8. The van der Waals surface area contributed by atoms with Crippen LogP contribution >= 0.6 is 0 Å². The molecule has 43 heavy (non-hydrogen) atoms. The molecule has 0 unspecified atom stereocenters. The molecule has 0 fully saturated rings. The van der Waals surface area contributed by atoms with Crippen molar-refractivity contribution in [2.75, 3.05) is 51.3 Å². The van der Waals surface area contributed by atoms with Gasteiger partial charge in [0.15, 0.2) is 11.5 Å². The summed E-state index contributed by atoms with van der Waals surface area (Å²) in [5.41, 5.74) is 2.43. The van der Waals surface area contributed by atoms with E-state index < -0.39 is 12.1 Å². The summed E-state index contributed by atoms with van der Waals surface area (Å²) in [6, 6.07) is 17.1. The summed E-state index contributed by atoms with van der Waals surface area (Å²) in [4.78, 5) is 30.3. The van der Waals surface area contributed by atoms with Crippen LogP contribution in [0, 0.1) is 5.92 Å². The minimum absolute atomic E-state index is 0.0293. The second kappa shape index (κ2) is 13.2. The molecule has 0 radical (unpaired) electrons. The van der Waals surface area contributed by atoms with Gasteiger partial charge < -0.3 is 39.6 Å². The molecule has 0 bridgehead atoms. The molecule has 3 atom stereocenters. The Morgan fingerprint density at radius 2 is 1.74 bits per heavy atom. The van der Waals surface area contributed by atoms with Gasteiger partial charge in [-0.15, -0.1) is 0 Å². The number of benzene rings is 3. The molecule has 0 aliphatic carbocycles. The average Bonchev–Trinajstić information content (AvgIpc) is 3.47. The summed E-state index contributed by atoms with van der Waals surface area (Å²) in [7, 11) is 3.60. The molecule has 2 heterocycles. The molecule has 2 aliphatic heterocycles. The number of aliphatic hydroxyl groups excluding tert-OH is 1. The Morgan fingerprint density at radius 1 is 1.05 bits per heavy atom. The predicted octanol–water partition coefficient (Wildman–Crippen LogP) is 4.42. The number of nitrogens with one attached hydrogen (secondary N) is 2. The smallest absolute Gasteiger partial charge is 0.323 e. The van der Waals surface area contributed by atoms with Gasteiger partial charge in [0.25, 0.3) is 5.91 Å². The summed E-state index contributed by atoms with van der Waals surface area (Å²) >= 11 is 0. The number of anilines is 2. The van der Waals surface area contributed by atoms with Gasteiger partial charge in [0.2, 0.25) is 6.79 Å². The van der Waals surface area contributed by atoms with Crippen LogP contribution in [0.15, 0.2) is 60.7 Å². The van der Waals surface area contributed by atoms with E-state index in [9.17, 15) is 14.7 Å². The highest BCUT2D eigenvalue weighted by Crippen LogP contribution is 2.34. The number of aliphatic hydroxyl groups is 1. The van der Waals surface area contributed by atoms with Crippen molar-refractivity contribution in [2.45, 2.75) is 32.5 Å². The number of fused-ring (bicyclic) bond motifs is 2. The number of nitrogens with zero attached hydrogens (tertiary/aromatic N) is 2. The van der Waals surface area contributed by atoms with Gasteiger partial charge in [0.1, 0.15) is 17.6 Å². The number of carbonyl (C=O) groups excluding carboxylic acids is 2. The summed E-state index contributed by atoms with van der Waals surface area (Å²) in [5.74, 6) is 2.29. The zero-order chi connectivity index (χ0) is 30.5. The van der Waals surface area contributed by atoms with Gasteiger partial charge in [0.05, 0.1) is 25.3 Å². The Labute approximate surface area is 251 Å². The lowest BCUT2D eigenvalue weighted by molar-refractivity contribution is 0.0341. The molecular weight excluding hydrogens is 552 g/mol. The van der Waals surface area contributed by atoms with Gasteiger partial charge in [-0.3, -0.25) is 9.69 Å². The molecule has 11 nitrogen and oxygen atoms in total. The van der Waals surface area contributed by atoms with Crippen molar-refractivity contribution in [2.24, 2.45) is 5.92 Å². The second-order valence-electron chi connectivity index (χ2n) is 11.0. The van der Waals surface area contributed by atoms with Gasteiger partial charge in [-0.25, -0.2) is 4.79 Å². The van der Waals surface area contributed by atoms with E-state index in [0.29, 0.717) is 48.1 Å². The number of amides is 3. The monoisotopic (exact) mass is 590 g/mol. The highest BCUT2D eigenvalue weighted by Gasteiger charge is 2.33. The van der Waals surface area contributed by atoms with Crippen molar-refractivity contribution < 1.29 is 33.6 Å². The summed E-state index contributed by atoms with van der Waals surface area (Å²) in [6.07, 6.45) is -0.253. The molecule has 11 heteroatoms. The van der Waals surface area contributed by atoms with Crippen LogP contribution in [0.4, 0.5) is 16.2 Å². The van der Waals surface area contributed by atoms with Gasteiger partial charge >= 0.3 is 6.03 Å². The first-order valence-corrected chi connectivity index (χ1v) is 14.3. The maximum Gasteiger partial charge on any atom is 0.323 e. The Kier molecular flexibility index (Phi) is 9.22. The van der Waals surface area contributed by atoms with Crippen molar-refractivity contribution in [3.05, 3.63) is 71.8 Å². The van der Waals surface area contributed by atoms with Crippen LogP contribution in [0.25, 0.3) is 0 Å². The maximum atomic E-state index is 13.8. The van der Waals surface area contributed by atoms with Crippen LogP contribution in [0.1, 0.15) is 29.8 Å². The van der Waals surface area contributed by atoms with Crippen molar-refractivity contribution in [1.82, 2.24) is 9.80 Å². The van der Waals surface area contributed by atoms with Crippen LogP contribution in [-0.4, -0.2) is 79.6 Å². The number of urea groups is 1. The number of hydrogen-bond acceptors (Lipinski definition) is 8. The Hall–Kier alpha value is -4.48. The van der Waals surface area contributed by atoms with E-state index in [2.05, 4.69) is 15.5 Å². The lowest BCUT2D eigenvalue weighted by Gasteiger charge is -2.38. The quantitative estimate of drug-likeness (QED) is 0.335. The van der Waals surface area contributed by atoms with Gasteiger partial charge in [-0.05, 0) is 74.1 Å². The number of ether oxygens (including phenoxy) is 4. The Bertz CT molecular complexity index is 1450. The van der Waals surface area contributed by atoms with Crippen LogP contribution in [-0.2, 0) is 6.54 Å². The van der Waals surface area contributed by atoms with E-state index in [1.807, 2.05) is 39.1 Å². The SMILES string of the molecule is COc1ccc(NC(=O)Nc2ccc3c(c2)C(=O)N([C@@H](C)CO)C[C@H](C)[C@@H](CN(C)Cc2ccc4c(c2)OCO4)O3)cc1. The highest BCUT2D eigenvalue weighted by atomic mass is 16.7. The number of hydrogen-bond donors (Lipinski definition) is 3. The van der Waals surface area contributed by atoms with Crippen molar-refractivity contribution in [3.63, 3.8) is 0 Å². The first-order valence-electron chi connectivity index (χ1n) is 14.3. The molecule has 2 aliphatic rings. The summed E-state index contributed by atoms with van der Waals surface area (Å²) in [5, 5.41) is 15.5. The van der Waals surface area contributed by atoms with E-state index in [-0.39, 0.29) is 31.3 Å². The van der Waals surface area contributed by atoms with E-state index in [1.54, 1.807) is 54.5 Å². The van der Waals surface area contributed by atoms with Gasteiger partial charge in [-0.1, -0.05) is 13.0 Å². The molecule has 0 aromatic heterocycles. The van der Waals surface area contributed by atoms with Gasteiger partial charge in [-0.2, -0.15) is 0 Å². The van der Waals surface area contributed by atoms with E-state index >= 15 is 0 Å². The Morgan fingerprint density at radius 3 is 2.49 bits per heavy atom. The molecule has 0 spiro atoms. The number of carbonyl (C=O) groups is 2. The topological polar surface area (TPSA) is 122 Å². The number of methoxy groups -OCH3 is 1. The van der Waals surface area contributed by atoms with Gasteiger partial charge in [0, 0.05) is 36.9 Å². The van der Waals surface area contributed by atoms with Crippen LogP contribution in [0.3, 0.4) is 0 Å². The fraction of sp³-hybridized carbons (Fsp3) is 0.375. The molecule has 3 amide bonds. The highest BCUT2D eigenvalue weighted by molar-refractivity contribution is 6.02. The lowest BCUT2D eigenvalue weighted by atomic mass is 9.99. The molecule has 3 aromatic rings. The first kappa shape index (κ1) is 30.0. The van der Waals surface area contributed by atoms with Crippen molar-refractivity contribution in [3.8, 4) is 23.0 Å². The predicted molar refractivity (Wildman–Crippen MR) is 162 cm³/mol. The fourth-order valence-electron chi connectivity index (χ4n) is 5.21. The largest absolute Gasteiger partial charge is 0.497 e. The molecule has 3 N–H and O–H groups in total. The molecule has 0 saturated carbocycles. The molecule has 0 saturated heterocycles. The van der Waals surface area contributed by atoms with Crippen molar-refractivity contribution >= 4 is 23.3 Å². The minimum atomic E-state index is -0.457. The van der Waals surface area contributed by atoms with E-state index in [4.69, 9.17) is 18.9 Å². The maximum absolute atomic E-state index is 13.8. The van der Waals surface area contributed by atoms with Crippen LogP contribution < -0.4 is 29.6 Å². The number of rotatable bonds is 9. The third-order valence-electron chi connectivity index (χ3n) is 7.65. The lowest BCUT2D eigenvalue weighted by Crippen LogP contribution is -2.49. The fourth-order valence-corrected chi connectivity index (χ4v) is 5.21. The minimum Gasteiger partial charge on any atom is -0.497 e. The molecule has 228 valence electrons. The molecular formula is C32H38N4O7. The Balaban J connectivity index is 1.33. The summed E-state index contributed by atoms with van der Waals surface area (Å²) < 4.78 is 22.6. The number of likely N-dealkylation sites (N-methyl/N-ethyl adjacent to an activating group) is 1. The van der Waals surface area contributed by atoms with E-state index in [0.717, 1.165) is 17.1 Å². The molecule has 3 aromatic carbocycles. The van der Waals surface area contributed by atoms with Crippen molar-refractivity contribution in [1.29, 1.82) is 0 Å².